The molecule has 0 saturated heterocycles. The van der Waals surface area contributed by atoms with Crippen molar-refractivity contribution >= 4 is 17.2 Å². The van der Waals surface area contributed by atoms with Gasteiger partial charge in [0, 0.05) is 28.4 Å². The monoisotopic (exact) mass is 367 g/mol. The van der Waals surface area contributed by atoms with E-state index in [-0.39, 0.29) is 5.91 Å². The molecule has 3 rings (SSSR count). The lowest BCUT2D eigenvalue weighted by molar-refractivity contribution is 0.0948. The molecular formula is C21H25N3OS. The first-order valence-corrected chi connectivity index (χ1v) is 9.87. The number of aryl methyl sites for hydroxylation is 3. The molecule has 0 unspecified atom stereocenters. The number of hydrogen-bond donors (Lipinski definition) is 1. The van der Waals surface area contributed by atoms with E-state index in [1.54, 1.807) is 11.3 Å². The highest BCUT2D eigenvalue weighted by Gasteiger charge is 2.17. The van der Waals surface area contributed by atoms with E-state index in [0.717, 1.165) is 25.1 Å². The molecule has 0 atom stereocenters. The number of thiophene rings is 1. The van der Waals surface area contributed by atoms with Gasteiger partial charge in [0.2, 0.25) is 0 Å². The number of benzene rings is 1. The molecule has 1 amide bonds. The number of aromatic nitrogens is 2. The molecule has 0 radical (unpaired) electrons. The summed E-state index contributed by atoms with van der Waals surface area (Å²) in [5, 5.41) is 7.55. The highest BCUT2D eigenvalue weighted by atomic mass is 32.1. The first-order valence-electron chi connectivity index (χ1n) is 9.06. The quantitative estimate of drug-likeness (QED) is 0.663. The number of carbonyl (C=O) groups excluding carboxylic acids is 1. The van der Waals surface area contributed by atoms with Gasteiger partial charge >= 0.3 is 0 Å². The van der Waals surface area contributed by atoms with Crippen molar-refractivity contribution in [2.24, 2.45) is 0 Å². The maximum atomic E-state index is 12.5. The molecule has 136 valence electrons. The Balaban J connectivity index is 1.74. The van der Waals surface area contributed by atoms with E-state index in [1.807, 2.05) is 28.9 Å². The molecule has 4 nitrogen and oxygen atoms in total. The summed E-state index contributed by atoms with van der Waals surface area (Å²) in [4.78, 5) is 15.1. The number of amides is 1. The van der Waals surface area contributed by atoms with Crippen LogP contribution in [0.15, 0.2) is 42.5 Å². The summed E-state index contributed by atoms with van der Waals surface area (Å²) in [6.07, 6.45) is 1.80. The Kier molecular flexibility index (Phi) is 5.89. The van der Waals surface area contributed by atoms with Crippen LogP contribution in [0, 0.1) is 13.8 Å². The van der Waals surface area contributed by atoms with Crippen LogP contribution in [-0.2, 0) is 13.0 Å². The third kappa shape index (κ3) is 4.22. The first-order chi connectivity index (χ1) is 12.6. The molecule has 0 aliphatic heterocycles. The minimum Gasteiger partial charge on any atom is -0.350 e. The van der Waals surface area contributed by atoms with Gasteiger partial charge in [-0.3, -0.25) is 9.48 Å². The number of hydrogen-bond acceptors (Lipinski definition) is 3. The third-order valence-electron chi connectivity index (χ3n) is 4.31. The molecule has 26 heavy (non-hydrogen) atoms. The summed E-state index contributed by atoms with van der Waals surface area (Å²) in [7, 11) is 0. The molecule has 1 N–H and O–H groups in total. The summed E-state index contributed by atoms with van der Waals surface area (Å²) < 4.78 is 1.96. The molecule has 0 aliphatic carbocycles. The topological polar surface area (TPSA) is 46.9 Å². The normalized spacial score (nSPS) is 10.9. The van der Waals surface area contributed by atoms with E-state index in [4.69, 9.17) is 0 Å². The lowest BCUT2D eigenvalue weighted by Gasteiger charge is -2.05. The van der Waals surface area contributed by atoms with E-state index in [0.29, 0.717) is 12.2 Å². The van der Waals surface area contributed by atoms with Gasteiger partial charge < -0.3 is 5.32 Å². The molecule has 1 aromatic carbocycles. The van der Waals surface area contributed by atoms with Crippen LogP contribution in [-0.4, -0.2) is 22.2 Å². The van der Waals surface area contributed by atoms with Gasteiger partial charge in [0.1, 0.15) is 0 Å². The van der Waals surface area contributed by atoms with Gasteiger partial charge in [-0.2, -0.15) is 5.10 Å². The summed E-state index contributed by atoms with van der Waals surface area (Å²) in [5.74, 6) is -0.110. The largest absolute Gasteiger partial charge is 0.350 e. The zero-order valence-electron chi connectivity index (χ0n) is 15.6. The SMILES string of the molecule is CCCn1nc(C(=O)NCCc2ccccc2)cc1-c1cc(C)sc1C. The first kappa shape index (κ1) is 18.4. The van der Waals surface area contributed by atoms with E-state index in [9.17, 15) is 4.79 Å². The lowest BCUT2D eigenvalue weighted by atomic mass is 10.1. The van der Waals surface area contributed by atoms with Gasteiger partial charge in [-0.25, -0.2) is 0 Å². The van der Waals surface area contributed by atoms with Crippen molar-refractivity contribution in [1.82, 2.24) is 15.1 Å². The van der Waals surface area contributed by atoms with Gasteiger partial charge in [0.25, 0.3) is 5.91 Å². The van der Waals surface area contributed by atoms with Crippen molar-refractivity contribution in [3.05, 3.63) is 63.5 Å². The van der Waals surface area contributed by atoms with Crippen LogP contribution in [0.4, 0.5) is 0 Å². The van der Waals surface area contributed by atoms with Crippen molar-refractivity contribution in [2.45, 2.75) is 40.2 Å². The Morgan fingerprint density at radius 3 is 2.62 bits per heavy atom. The molecule has 2 aromatic heterocycles. The summed E-state index contributed by atoms with van der Waals surface area (Å²) in [6, 6.07) is 14.3. The van der Waals surface area contributed by atoms with Gasteiger partial charge in [0.05, 0.1) is 5.69 Å². The fourth-order valence-corrected chi connectivity index (χ4v) is 4.00. The van der Waals surface area contributed by atoms with Crippen molar-refractivity contribution < 1.29 is 4.79 Å². The van der Waals surface area contributed by atoms with E-state index >= 15 is 0 Å². The molecule has 0 bridgehead atoms. The Hall–Kier alpha value is -2.40. The van der Waals surface area contributed by atoms with Crippen LogP contribution in [0.5, 0.6) is 0 Å². The zero-order valence-corrected chi connectivity index (χ0v) is 16.4. The fourth-order valence-electron chi connectivity index (χ4n) is 3.07. The molecular weight excluding hydrogens is 342 g/mol. The van der Waals surface area contributed by atoms with Crippen molar-refractivity contribution in [1.29, 1.82) is 0 Å². The maximum absolute atomic E-state index is 12.5. The molecule has 0 spiro atoms. The van der Waals surface area contributed by atoms with Crippen LogP contribution in [0.2, 0.25) is 0 Å². The molecule has 2 heterocycles. The third-order valence-corrected chi connectivity index (χ3v) is 5.27. The Bertz CT molecular complexity index is 880. The number of nitrogens with one attached hydrogen (secondary N) is 1. The predicted octanol–water partition coefficient (Wildman–Crippen LogP) is 4.61. The highest BCUT2D eigenvalue weighted by Crippen LogP contribution is 2.31. The lowest BCUT2D eigenvalue weighted by Crippen LogP contribution is -2.26. The standard InChI is InChI=1S/C21H25N3OS/c1-4-12-24-20(18-13-15(2)26-16(18)3)14-19(23-24)21(25)22-11-10-17-8-6-5-7-9-17/h5-9,13-14H,4,10-12H2,1-3H3,(H,22,25). The van der Waals surface area contributed by atoms with Crippen LogP contribution in [0.3, 0.4) is 0 Å². The highest BCUT2D eigenvalue weighted by molar-refractivity contribution is 7.12. The van der Waals surface area contributed by atoms with Crippen LogP contribution < -0.4 is 5.32 Å². The smallest absolute Gasteiger partial charge is 0.271 e. The molecule has 0 fully saturated rings. The minimum atomic E-state index is -0.110. The predicted molar refractivity (Wildman–Crippen MR) is 108 cm³/mol. The van der Waals surface area contributed by atoms with Crippen LogP contribution in [0.1, 0.15) is 39.2 Å². The second-order valence-corrected chi connectivity index (χ2v) is 7.92. The van der Waals surface area contributed by atoms with Gasteiger partial charge in [-0.05, 0) is 44.4 Å². The molecule has 5 heteroatoms. The summed E-state index contributed by atoms with van der Waals surface area (Å²) in [6.45, 7) is 7.77. The zero-order chi connectivity index (χ0) is 18.5. The van der Waals surface area contributed by atoms with Crippen molar-refractivity contribution in [3.63, 3.8) is 0 Å². The fraction of sp³-hybridized carbons (Fsp3) is 0.333. The Morgan fingerprint density at radius 1 is 1.19 bits per heavy atom. The number of carbonyl (C=O) groups is 1. The minimum absolute atomic E-state index is 0.110. The van der Waals surface area contributed by atoms with Crippen LogP contribution >= 0.6 is 11.3 Å². The van der Waals surface area contributed by atoms with Gasteiger partial charge in [-0.1, -0.05) is 37.3 Å². The molecule has 0 aliphatic rings. The van der Waals surface area contributed by atoms with E-state index in [2.05, 4.69) is 49.4 Å². The van der Waals surface area contributed by atoms with Gasteiger partial charge in [-0.15, -0.1) is 11.3 Å². The summed E-state index contributed by atoms with van der Waals surface area (Å²) in [5.41, 5.74) is 3.91. The Labute approximate surface area is 158 Å². The Morgan fingerprint density at radius 2 is 1.96 bits per heavy atom. The maximum Gasteiger partial charge on any atom is 0.271 e. The van der Waals surface area contributed by atoms with Crippen LogP contribution in [0.25, 0.3) is 11.3 Å². The second-order valence-electron chi connectivity index (χ2n) is 6.46. The van der Waals surface area contributed by atoms with Crippen molar-refractivity contribution in [2.75, 3.05) is 6.54 Å². The molecule has 3 aromatic rings. The number of rotatable bonds is 7. The van der Waals surface area contributed by atoms with E-state index in [1.165, 1.54) is 20.9 Å². The van der Waals surface area contributed by atoms with Crippen molar-refractivity contribution in [3.8, 4) is 11.3 Å². The van der Waals surface area contributed by atoms with Gasteiger partial charge in [0.15, 0.2) is 5.69 Å². The second kappa shape index (κ2) is 8.32. The number of nitrogens with zero attached hydrogens (tertiary/aromatic N) is 2. The summed E-state index contributed by atoms with van der Waals surface area (Å²) >= 11 is 1.78. The molecule has 0 saturated carbocycles. The average Bonchev–Trinajstić information content (AvgIpc) is 3.19. The van der Waals surface area contributed by atoms with E-state index < -0.39 is 0 Å². The average molecular weight is 368 g/mol.